The molecule has 7 nitrogen and oxygen atoms in total. The Morgan fingerprint density at radius 3 is 2.33 bits per heavy atom. The number of carbonyl (C=O) groups excluding carboxylic acids is 1. The lowest BCUT2D eigenvalue weighted by molar-refractivity contribution is 0.0948. The van der Waals surface area contributed by atoms with Gasteiger partial charge in [-0.3, -0.25) is 4.79 Å². The van der Waals surface area contributed by atoms with E-state index in [0.717, 1.165) is 22.6 Å². The van der Waals surface area contributed by atoms with Crippen LogP contribution in [-0.4, -0.2) is 23.0 Å². The molecule has 2 heterocycles. The maximum atomic E-state index is 12.2. The maximum Gasteiger partial charge on any atom is 0.251 e. The fourth-order valence-electron chi connectivity index (χ4n) is 2.84. The summed E-state index contributed by atoms with van der Waals surface area (Å²) >= 11 is 0. The van der Waals surface area contributed by atoms with Crippen molar-refractivity contribution < 1.29 is 13.9 Å². The van der Waals surface area contributed by atoms with Crippen molar-refractivity contribution in [3.63, 3.8) is 0 Å². The largest absolute Gasteiger partial charge is 0.497 e. The van der Waals surface area contributed by atoms with Gasteiger partial charge in [-0.1, -0.05) is 12.1 Å². The van der Waals surface area contributed by atoms with Gasteiger partial charge in [0.15, 0.2) is 0 Å². The zero-order chi connectivity index (χ0) is 20.8. The Kier molecular flexibility index (Phi) is 5.70. The fraction of sp³-hybridized carbons (Fsp3) is 0.0870. The second kappa shape index (κ2) is 8.91. The third-order valence-corrected chi connectivity index (χ3v) is 4.48. The number of hydrogen-bond donors (Lipinski definition) is 2. The Morgan fingerprint density at radius 2 is 1.70 bits per heavy atom. The molecule has 0 spiro atoms. The molecule has 0 atom stereocenters. The minimum atomic E-state index is -0.168. The average molecular weight is 400 g/mol. The highest BCUT2D eigenvalue weighted by Gasteiger charge is 2.07. The van der Waals surface area contributed by atoms with E-state index in [1.54, 1.807) is 44.0 Å². The Bertz CT molecular complexity index is 1090. The first-order valence-electron chi connectivity index (χ1n) is 9.35. The topological polar surface area (TPSA) is 89.3 Å². The average Bonchev–Trinajstić information content (AvgIpc) is 3.32. The molecule has 0 bridgehead atoms. The second-order valence-corrected chi connectivity index (χ2v) is 6.49. The molecule has 0 aliphatic rings. The monoisotopic (exact) mass is 400 g/mol. The van der Waals surface area contributed by atoms with Crippen LogP contribution in [0.15, 0.2) is 83.7 Å². The molecular weight excluding hydrogens is 380 g/mol. The van der Waals surface area contributed by atoms with Gasteiger partial charge in [0.2, 0.25) is 5.95 Å². The molecule has 2 aromatic carbocycles. The number of benzene rings is 2. The molecular formula is C23H20N4O3. The van der Waals surface area contributed by atoms with E-state index >= 15 is 0 Å². The van der Waals surface area contributed by atoms with E-state index in [-0.39, 0.29) is 5.91 Å². The van der Waals surface area contributed by atoms with E-state index in [2.05, 4.69) is 20.6 Å². The van der Waals surface area contributed by atoms with Crippen LogP contribution in [0.5, 0.6) is 5.75 Å². The number of carbonyl (C=O) groups is 1. The number of ether oxygens (including phenoxy) is 1. The van der Waals surface area contributed by atoms with Crippen LogP contribution >= 0.6 is 0 Å². The summed E-state index contributed by atoms with van der Waals surface area (Å²) in [6, 6.07) is 18.4. The normalized spacial score (nSPS) is 10.4. The van der Waals surface area contributed by atoms with Gasteiger partial charge in [-0.2, -0.15) is 0 Å². The molecule has 2 aromatic heterocycles. The van der Waals surface area contributed by atoms with Gasteiger partial charge >= 0.3 is 0 Å². The first kappa shape index (κ1) is 19.2. The van der Waals surface area contributed by atoms with Gasteiger partial charge in [0.05, 0.1) is 19.9 Å². The summed E-state index contributed by atoms with van der Waals surface area (Å²) in [4.78, 5) is 20.9. The molecule has 150 valence electrons. The quantitative estimate of drug-likeness (QED) is 0.477. The van der Waals surface area contributed by atoms with E-state index in [1.807, 2.05) is 42.5 Å². The van der Waals surface area contributed by atoms with Crippen molar-refractivity contribution in [2.75, 3.05) is 12.4 Å². The Balaban J connectivity index is 1.36. The van der Waals surface area contributed by atoms with Gasteiger partial charge < -0.3 is 19.8 Å². The Hall–Kier alpha value is -4.13. The van der Waals surface area contributed by atoms with Gasteiger partial charge in [-0.25, -0.2) is 9.97 Å². The second-order valence-electron chi connectivity index (χ2n) is 6.49. The van der Waals surface area contributed by atoms with Crippen molar-refractivity contribution in [1.29, 1.82) is 0 Å². The van der Waals surface area contributed by atoms with E-state index in [0.29, 0.717) is 23.8 Å². The number of aromatic nitrogens is 2. The smallest absolute Gasteiger partial charge is 0.251 e. The van der Waals surface area contributed by atoms with E-state index in [1.165, 1.54) is 0 Å². The summed E-state index contributed by atoms with van der Waals surface area (Å²) in [7, 11) is 1.64. The summed E-state index contributed by atoms with van der Waals surface area (Å²) in [6.07, 6.45) is 5.09. The Morgan fingerprint density at radius 1 is 0.967 bits per heavy atom. The standard InChI is InChI=1S/C23H20N4O3/c1-29-20-10-6-16(7-11-20)18-13-25-23(26-14-18)27-19-8-4-17(5-9-19)22(28)24-15-21-3-2-12-30-21/h2-14H,15H2,1H3,(H,24,28)(H,25,26,27). The van der Waals surface area contributed by atoms with Crippen LogP contribution in [0.4, 0.5) is 11.6 Å². The number of nitrogens with zero attached hydrogens (tertiary/aromatic N) is 2. The highest BCUT2D eigenvalue weighted by Crippen LogP contribution is 2.22. The van der Waals surface area contributed by atoms with Crippen LogP contribution in [-0.2, 0) is 6.54 Å². The molecule has 0 saturated carbocycles. The van der Waals surface area contributed by atoms with Crippen LogP contribution in [0.25, 0.3) is 11.1 Å². The Labute approximate surface area is 173 Å². The van der Waals surface area contributed by atoms with Crippen LogP contribution < -0.4 is 15.4 Å². The molecule has 0 radical (unpaired) electrons. The molecule has 0 fully saturated rings. The van der Waals surface area contributed by atoms with Crippen LogP contribution in [0, 0.1) is 0 Å². The lowest BCUT2D eigenvalue weighted by Crippen LogP contribution is -2.22. The maximum absolute atomic E-state index is 12.2. The third kappa shape index (κ3) is 4.64. The van der Waals surface area contributed by atoms with Gasteiger partial charge in [-0.05, 0) is 54.1 Å². The summed E-state index contributed by atoms with van der Waals surface area (Å²) in [6.45, 7) is 0.347. The van der Waals surface area contributed by atoms with Crippen LogP contribution in [0.2, 0.25) is 0 Å². The number of anilines is 2. The molecule has 0 aliphatic carbocycles. The van der Waals surface area contributed by atoms with Gasteiger partial charge in [0.1, 0.15) is 11.5 Å². The molecule has 4 rings (SSSR count). The summed E-state index contributed by atoms with van der Waals surface area (Å²) in [5.41, 5.74) is 3.26. The SMILES string of the molecule is COc1ccc(-c2cnc(Nc3ccc(C(=O)NCc4ccco4)cc3)nc2)cc1. The molecule has 0 unspecified atom stereocenters. The van der Waals surface area contributed by atoms with Crippen molar-refractivity contribution in [3.05, 3.63) is 90.6 Å². The highest BCUT2D eigenvalue weighted by atomic mass is 16.5. The first-order chi connectivity index (χ1) is 14.7. The minimum absolute atomic E-state index is 0.168. The number of furan rings is 1. The lowest BCUT2D eigenvalue weighted by Gasteiger charge is -2.08. The number of hydrogen-bond acceptors (Lipinski definition) is 6. The van der Waals surface area contributed by atoms with Crippen molar-refractivity contribution in [3.8, 4) is 16.9 Å². The fourth-order valence-corrected chi connectivity index (χ4v) is 2.84. The molecule has 0 aliphatic heterocycles. The zero-order valence-electron chi connectivity index (χ0n) is 16.3. The molecule has 1 amide bonds. The number of rotatable bonds is 7. The third-order valence-electron chi connectivity index (χ3n) is 4.48. The predicted octanol–water partition coefficient (Wildman–Crippen LogP) is 4.42. The van der Waals surface area contributed by atoms with Crippen LogP contribution in [0.1, 0.15) is 16.1 Å². The van der Waals surface area contributed by atoms with Crippen LogP contribution in [0.3, 0.4) is 0 Å². The van der Waals surface area contributed by atoms with Crippen molar-refractivity contribution in [2.24, 2.45) is 0 Å². The molecule has 2 N–H and O–H groups in total. The number of methoxy groups -OCH3 is 1. The number of amides is 1. The molecule has 30 heavy (non-hydrogen) atoms. The molecule has 0 saturated heterocycles. The van der Waals surface area contributed by atoms with Gasteiger partial charge in [-0.15, -0.1) is 0 Å². The van der Waals surface area contributed by atoms with Crippen molar-refractivity contribution in [1.82, 2.24) is 15.3 Å². The van der Waals surface area contributed by atoms with E-state index in [4.69, 9.17) is 9.15 Å². The highest BCUT2D eigenvalue weighted by molar-refractivity contribution is 5.94. The minimum Gasteiger partial charge on any atom is -0.497 e. The van der Waals surface area contributed by atoms with Crippen molar-refractivity contribution in [2.45, 2.75) is 6.54 Å². The lowest BCUT2D eigenvalue weighted by atomic mass is 10.1. The first-order valence-corrected chi connectivity index (χ1v) is 9.35. The number of nitrogens with one attached hydrogen (secondary N) is 2. The predicted molar refractivity (Wildman–Crippen MR) is 114 cm³/mol. The summed E-state index contributed by atoms with van der Waals surface area (Å²) < 4.78 is 10.4. The molecule has 7 heteroatoms. The van der Waals surface area contributed by atoms with E-state index < -0.39 is 0 Å². The molecule has 4 aromatic rings. The van der Waals surface area contributed by atoms with E-state index in [9.17, 15) is 4.79 Å². The zero-order valence-corrected chi connectivity index (χ0v) is 16.3. The van der Waals surface area contributed by atoms with Gasteiger partial charge in [0.25, 0.3) is 5.91 Å². The summed E-state index contributed by atoms with van der Waals surface area (Å²) in [5.74, 6) is 1.81. The van der Waals surface area contributed by atoms with Crippen molar-refractivity contribution >= 4 is 17.5 Å². The summed E-state index contributed by atoms with van der Waals surface area (Å²) in [5, 5.41) is 5.95. The van der Waals surface area contributed by atoms with Gasteiger partial charge in [0, 0.05) is 29.2 Å².